The van der Waals surface area contributed by atoms with Gasteiger partial charge in [-0.3, -0.25) is 0 Å². The highest BCUT2D eigenvalue weighted by atomic mass is 32.2. The molecular weight excluding hydrogens is 338 g/mol. The number of rotatable bonds is 4. The Kier molecular flexibility index (Phi) is 5.03. The first-order chi connectivity index (χ1) is 11.9. The molecule has 2 heterocycles. The van der Waals surface area contributed by atoms with Crippen LogP contribution in [0.2, 0.25) is 0 Å². The van der Waals surface area contributed by atoms with Crippen LogP contribution in [0.25, 0.3) is 11.4 Å². The van der Waals surface area contributed by atoms with Crippen LogP contribution < -0.4 is 4.90 Å². The van der Waals surface area contributed by atoms with Crippen molar-refractivity contribution in [3.8, 4) is 11.4 Å². The number of nitrogens with zero attached hydrogens (tertiary/aromatic N) is 5. The van der Waals surface area contributed by atoms with Gasteiger partial charge in [-0.25, -0.2) is 9.97 Å². The van der Waals surface area contributed by atoms with Crippen LogP contribution in [0.4, 0.5) is 5.82 Å². The fourth-order valence-electron chi connectivity index (χ4n) is 2.81. The average Bonchev–Trinajstić information content (AvgIpc) is 2.62. The molecule has 0 unspecified atom stereocenters. The van der Waals surface area contributed by atoms with Crippen LogP contribution in [0, 0.1) is 6.92 Å². The zero-order valence-corrected chi connectivity index (χ0v) is 15.6. The van der Waals surface area contributed by atoms with Crippen molar-refractivity contribution in [2.24, 2.45) is 0 Å². The lowest BCUT2D eigenvalue weighted by molar-refractivity contribution is 0.355. The highest BCUT2D eigenvalue weighted by Gasteiger charge is 2.29. The predicted octanol–water partition coefficient (Wildman–Crippen LogP) is 1.38. The number of hydrogen-bond acceptors (Lipinski definition) is 5. The van der Waals surface area contributed by atoms with Gasteiger partial charge in [0.05, 0.1) is 0 Å². The summed E-state index contributed by atoms with van der Waals surface area (Å²) in [5.74, 6) is 1.53. The summed E-state index contributed by atoms with van der Waals surface area (Å²) in [7, 11) is -0.243. The van der Waals surface area contributed by atoms with Gasteiger partial charge >= 0.3 is 0 Å². The third-order valence-electron chi connectivity index (χ3n) is 4.22. The molecule has 1 aromatic heterocycles. The maximum Gasteiger partial charge on any atom is 0.281 e. The van der Waals surface area contributed by atoms with Crippen molar-refractivity contribution in [3.05, 3.63) is 42.1 Å². The van der Waals surface area contributed by atoms with E-state index in [-0.39, 0.29) is 0 Å². The monoisotopic (exact) mass is 361 g/mol. The molecule has 3 rings (SSSR count). The van der Waals surface area contributed by atoms with E-state index in [9.17, 15) is 8.42 Å². The summed E-state index contributed by atoms with van der Waals surface area (Å²) in [5, 5.41) is 0. The number of hydrogen-bond donors (Lipinski definition) is 0. The summed E-state index contributed by atoms with van der Waals surface area (Å²) in [5.41, 5.74) is 1.87. The highest BCUT2D eigenvalue weighted by molar-refractivity contribution is 7.86. The topological polar surface area (TPSA) is 69.6 Å². The van der Waals surface area contributed by atoms with E-state index >= 15 is 0 Å². The van der Waals surface area contributed by atoms with Gasteiger partial charge in [0.25, 0.3) is 10.2 Å². The predicted molar refractivity (Wildman–Crippen MR) is 98.6 cm³/mol. The molecule has 1 aliphatic rings. The van der Waals surface area contributed by atoms with Gasteiger partial charge in [0.1, 0.15) is 5.82 Å². The quantitative estimate of drug-likeness (QED) is 0.823. The van der Waals surface area contributed by atoms with Crippen molar-refractivity contribution in [1.82, 2.24) is 18.6 Å². The van der Waals surface area contributed by atoms with Crippen LogP contribution in [-0.2, 0) is 10.2 Å². The van der Waals surface area contributed by atoms with Crippen LogP contribution >= 0.6 is 0 Å². The minimum atomic E-state index is -3.36. The molecule has 7 nitrogen and oxygen atoms in total. The lowest BCUT2D eigenvalue weighted by Crippen LogP contribution is -2.51. The molecule has 0 spiro atoms. The molecular formula is C17H23N5O2S. The Balaban J connectivity index is 1.79. The molecule has 0 amide bonds. The van der Waals surface area contributed by atoms with E-state index in [0.29, 0.717) is 32.0 Å². The van der Waals surface area contributed by atoms with E-state index < -0.39 is 10.2 Å². The van der Waals surface area contributed by atoms with Gasteiger partial charge in [-0.1, -0.05) is 30.3 Å². The normalized spacial score (nSPS) is 16.4. The highest BCUT2D eigenvalue weighted by Crippen LogP contribution is 2.21. The standard InChI is InChI=1S/C17H23N5O2S/c1-14-13-16(19-17(18-14)15-7-5-4-6-8-15)21-9-11-22(12-10-21)25(23,24)20(2)3/h4-8,13H,9-12H2,1-3H3. The lowest BCUT2D eigenvalue weighted by Gasteiger charge is -2.35. The second-order valence-corrected chi connectivity index (χ2v) is 8.38. The molecule has 1 aromatic carbocycles. The van der Waals surface area contributed by atoms with Gasteiger partial charge in [-0.2, -0.15) is 17.0 Å². The van der Waals surface area contributed by atoms with E-state index in [1.165, 1.54) is 8.61 Å². The van der Waals surface area contributed by atoms with Crippen molar-refractivity contribution in [2.45, 2.75) is 6.92 Å². The van der Waals surface area contributed by atoms with Gasteiger partial charge < -0.3 is 4.90 Å². The molecule has 0 atom stereocenters. The Hall–Kier alpha value is -2.03. The van der Waals surface area contributed by atoms with Crippen molar-refractivity contribution in [3.63, 3.8) is 0 Å². The van der Waals surface area contributed by atoms with Gasteiger partial charge in [0.15, 0.2) is 5.82 Å². The molecule has 0 saturated carbocycles. The Morgan fingerprint density at radius 3 is 2.24 bits per heavy atom. The second kappa shape index (κ2) is 7.07. The smallest absolute Gasteiger partial charge is 0.281 e. The van der Waals surface area contributed by atoms with Crippen LogP contribution in [0.1, 0.15) is 5.69 Å². The molecule has 0 N–H and O–H groups in total. The Morgan fingerprint density at radius 1 is 1.00 bits per heavy atom. The first-order valence-electron chi connectivity index (χ1n) is 8.21. The SMILES string of the molecule is Cc1cc(N2CCN(S(=O)(=O)N(C)C)CC2)nc(-c2ccccc2)n1. The molecule has 2 aromatic rings. The Labute approximate surface area is 149 Å². The van der Waals surface area contributed by atoms with E-state index in [4.69, 9.17) is 0 Å². The lowest BCUT2D eigenvalue weighted by atomic mass is 10.2. The molecule has 0 aliphatic carbocycles. The van der Waals surface area contributed by atoms with Crippen molar-refractivity contribution >= 4 is 16.0 Å². The zero-order valence-electron chi connectivity index (χ0n) is 14.8. The fourth-order valence-corrected chi connectivity index (χ4v) is 3.90. The average molecular weight is 361 g/mol. The fraction of sp³-hybridized carbons (Fsp3) is 0.412. The number of anilines is 1. The van der Waals surface area contributed by atoms with Crippen molar-refractivity contribution in [2.75, 3.05) is 45.2 Å². The van der Waals surface area contributed by atoms with Gasteiger partial charge in [-0.05, 0) is 6.92 Å². The van der Waals surface area contributed by atoms with E-state index in [1.807, 2.05) is 43.3 Å². The van der Waals surface area contributed by atoms with Gasteiger partial charge in [0, 0.05) is 57.6 Å². The summed E-state index contributed by atoms with van der Waals surface area (Å²) in [6.45, 7) is 4.06. The third-order valence-corrected chi connectivity index (χ3v) is 6.16. The molecule has 8 heteroatoms. The van der Waals surface area contributed by atoms with Gasteiger partial charge in [0.2, 0.25) is 0 Å². The summed E-state index contributed by atoms with van der Waals surface area (Å²) in [6, 6.07) is 11.8. The van der Waals surface area contributed by atoms with Crippen LogP contribution in [0.5, 0.6) is 0 Å². The van der Waals surface area contributed by atoms with Crippen LogP contribution in [-0.4, -0.2) is 67.3 Å². The third kappa shape index (κ3) is 3.81. The summed E-state index contributed by atoms with van der Waals surface area (Å²) < 4.78 is 27.2. The minimum absolute atomic E-state index is 0.449. The molecule has 1 saturated heterocycles. The van der Waals surface area contributed by atoms with Gasteiger partial charge in [-0.15, -0.1) is 0 Å². The van der Waals surface area contributed by atoms with E-state index in [2.05, 4.69) is 14.9 Å². The number of benzene rings is 1. The second-order valence-electron chi connectivity index (χ2n) is 6.23. The number of piperazine rings is 1. The van der Waals surface area contributed by atoms with Crippen molar-refractivity contribution < 1.29 is 8.42 Å². The zero-order chi connectivity index (χ0) is 18.0. The van der Waals surface area contributed by atoms with E-state index in [1.54, 1.807) is 14.1 Å². The molecule has 0 bridgehead atoms. The Bertz CT molecular complexity index is 831. The molecule has 0 radical (unpaired) electrons. The van der Waals surface area contributed by atoms with Crippen molar-refractivity contribution in [1.29, 1.82) is 0 Å². The van der Waals surface area contributed by atoms with E-state index in [0.717, 1.165) is 17.1 Å². The summed E-state index contributed by atoms with van der Waals surface area (Å²) >= 11 is 0. The minimum Gasteiger partial charge on any atom is -0.354 e. The molecule has 1 aliphatic heterocycles. The first-order valence-corrected chi connectivity index (χ1v) is 9.61. The molecule has 1 fully saturated rings. The van der Waals surface area contributed by atoms with Crippen LogP contribution in [0.3, 0.4) is 0 Å². The first kappa shape index (κ1) is 17.8. The maximum atomic E-state index is 12.2. The number of aromatic nitrogens is 2. The largest absolute Gasteiger partial charge is 0.354 e. The Morgan fingerprint density at radius 2 is 1.64 bits per heavy atom. The van der Waals surface area contributed by atoms with Crippen LogP contribution in [0.15, 0.2) is 36.4 Å². The summed E-state index contributed by atoms with van der Waals surface area (Å²) in [4.78, 5) is 11.3. The maximum absolute atomic E-state index is 12.2. The number of aryl methyl sites for hydroxylation is 1. The molecule has 25 heavy (non-hydrogen) atoms. The molecule has 134 valence electrons. The summed E-state index contributed by atoms with van der Waals surface area (Å²) in [6.07, 6.45) is 0.